The predicted molar refractivity (Wildman–Crippen MR) is 46.9 cm³/mol. The molecule has 0 fully saturated rings. The summed E-state index contributed by atoms with van der Waals surface area (Å²) in [7, 11) is 0. The fourth-order valence-corrected chi connectivity index (χ4v) is 0.854. The Bertz CT molecular complexity index is 42.5. The van der Waals surface area contributed by atoms with E-state index >= 15 is 0 Å². The molecular weight excluding hydrogens is 139 g/mol. The molecule has 0 aliphatic rings. The van der Waals surface area contributed by atoms with Crippen molar-refractivity contribution in [2.45, 2.75) is 52.4 Å². The fourth-order valence-electron chi connectivity index (χ4n) is 0.854. The predicted octanol–water partition coefficient (Wildman–Crippen LogP) is 2.60. The van der Waals surface area contributed by atoms with E-state index in [9.17, 15) is 0 Å². The van der Waals surface area contributed by atoms with Crippen LogP contribution in [0.4, 0.5) is 0 Å². The second kappa shape index (κ2) is 16.2. The Morgan fingerprint density at radius 3 is 1.30 bits per heavy atom. The molecule has 0 atom stereocenters. The molecule has 0 unspecified atom stereocenters. The van der Waals surface area contributed by atoms with Gasteiger partial charge >= 0.3 is 20.0 Å². The normalized spacial score (nSPS) is 8.10. The molecule has 0 rings (SSSR count). The molecule has 0 aromatic rings. The number of hydrogen-bond donors (Lipinski definition) is 0. The van der Waals surface area contributed by atoms with Crippen LogP contribution in [-0.4, -0.2) is 16.2 Å². The van der Waals surface area contributed by atoms with E-state index in [0.29, 0.717) is 16.2 Å². The van der Waals surface area contributed by atoms with Crippen LogP contribution >= 0.6 is 0 Å². The van der Waals surface area contributed by atoms with E-state index in [1.807, 2.05) is 0 Å². The quantitative estimate of drug-likeness (QED) is 0.444. The number of hydrogen-bond acceptors (Lipinski definition) is 1. The van der Waals surface area contributed by atoms with Crippen LogP contribution in [-0.2, 0) is 3.80 Å². The van der Waals surface area contributed by atoms with Crippen LogP contribution in [0.2, 0.25) is 0 Å². The Kier molecular flexibility index (Phi) is 20.9. The summed E-state index contributed by atoms with van der Waals surface area (Å²) >= 11 is 0.611. The van der Waals surface area contributed by atoms with Gasteiger partial charge in [-0.15, -0.1) is 0 Å². The summed E-state index contributed by atoms with van der Waals surface area (Å²) in [6, 6.07) is 0. The summed E-state index contributed by atoms with van der Waals surface area (Å²) in [4.78, 5) is 0. The van der Waals surface area contributed by atoms with Crippen molar-refractivity contribution < 1.29 is 3.80 Å². The van der Waals surface area contributed by atoms with Gasteiger partial charge in [-0.3, -0.25) is 0 Å². The molecular formula is C8H19AlO. The first-order valence-electron chi connectivity index (χ1n) is 4.20. The van der Waals surface area contributed by atoms with Crippen LogP contribution in [0.1, 0.15) is 52.4 Å². The molecule has 60 valence electrons. The van der Waals surface area contributed by atoms with Crippen LogP contribution in [0, 0.1) is 0 Å². The second-order valence-electron chi connectivity index (χ2n) is 2.41. The third-order valence-electron chi connectivity index (χ3n) is 1.46. The molecule has 2 heteroatoms. The third kappa shape index (κ3) is 15.8. The molecule has 0 amide bonds. The minimum absolute atomic E-state index is 0.611. The molecule has 10 heavy (non-hydrogen) atoms. The van der Waals surface area contributed by atoms with Gasteiger partial charge in [-0.05, 0) is 0 Å². The topological polar surface area (TPSA) is 17.1 Å². The van der Waals surface area contributed by atoms with Crippen molar-refractivity contribution in [2.24, 2.45) is 0 Å². The fraction of sp³-hybridized carbons (Fsp3) is 1.00. The van der Waals surface area contributed by atoms with Gasteiger partial charge in [0.25, 0.3) is 0 Å². The Labute approximate surface area is 72.8 Å². The average molecular weight is 158 g/mol. The van der Waals surface area contributed by atoms with Crippen LogP contribution in [0.5, 0.6) is 0 Å². The van der Waals surface area contributed by atoms with Crippen LogP contribution < -0.4 is 0 Å². The Hall–Kier alpha value is 0.332. The standard InChI is InChI=1S/C8H18.Al.O.H/c1-3-5-7-8-6-4-2;;;/h3-8H2,1-2H3;;;. The van der Waals surface area contributed by atoms with E-state index in [2.05, 4.69) is 13.8 Å². The average Bonchev–Trinajstić information content (AvgIpc) is 2.02. The van der Waals surface area contributed by atoms with Gasteiger partial charge in [0.05, 0.1) is 0 Å². The van der Waals surface area contributed by atoms with Crippen LogP contribution in [0.25, 0.3) is 0 Å². The maximum absolute atomic E-state index is 8.28. The number of unbranched alkanes of at least 4 members (excludes halogenated alkanes) is 5. The molecule has 0 aliphatic heterocycles. The molecule has 0 aromatic carbocycles. The van der Waals surface area contributed by atoms with E-state index in [-0.39, 0.29) is 0 Å². The monoisotopic (exact) mass is 158 g/mol. The van der Waals surface area contributed by atoms with E-state index in [1.165, 1.54) is 38.5 Å². The van der Waals surface area contributed by atoms with Gasteiger partial charge < -0.3 is 0 Å². The molecule has 1 nitrogen and oxygen atoms in total. The van der Waals surface area contributed by atoms with Gasteiger partial charge in [-0.2, -0.15) is 0 Å². The van der Waals surface area contributed by atoms with Gasteiger partial charge in [0.15, 0.2) is 0 Å². The zero-order valence-corrected chi connectivity index (χ0v) is 8.77. The summed E-state index contributed by atoms with van der Waals surface area (Å²) in [6.07, 6.45) is 8.49. The Morgan fingerprint density at radius 1 is 0.800 bits per heavy atom. The molecule has 0 saturated carbocycles. The van der Waals surface area contributed by atoms with E-state index < -0.39 is 0 Å². The summed E-state index contributed by atoms with van der Waals surface area (Å²) in [5, 5.41) is 0. The molecule has 0 saturated heterocycles. The molecule has 0 N–H and O–H groups in total. The van der Waals surface area contributed by atoms with Crippen molar-refractivity contribution in [3.05, 3.63) is 0 Å². The molecule has 0 spiro atoms. The molecule has 0 radical (unpaired) electrons. The van der Waals surface area contributed by atoms with Crippen molar-refractivity contribution in [2.75, 3.05) is 0 Å². The van der Waals surface area contributed by atoms with Gasteiger partial charge in [0.1, 0.15) is 0 Å². The van der Waals surface area contributed by atoms with Crippen molar-refractivity contribution >= 4 is 16.2 Å². The minimum atomic E-state index is 0.611. The number of rotatable bonds is 5. The van der Waals surface area contributed by atoms with Gasteiger partial charge in [0, 0.05) is 0 Å². The van der Waals surface area contributed by atoms with Crippen LogP contribution in [0.15, 0.2) is 0 Å². The van der Waals surface area contributed by atoms with Gasteiger partial charge in [-0.25, -0.2) is 0 Å². The molecule has 0 aliphatic carbocycles. The zero-order valence-electron chi connectivity index (χ0n) is 7.36. The second-order valence-corrected chi connectivity index (χ2v) is 2.41. The molecule has 0 bridgehead atoms. The van der Waals surface area contributed by atoms with Crippen molar-refractivity contribution in [1.29, 1.82) is 0 Å². The summed E-state index contributed by atoms with van der Waals surface area (Å²) in [6.45, 7) is 4.51. The van der Waals surface area contributed by atoms with E-state index in [0.717, 1.165) is 0 Å². The van der Waals surface area contributed by atoms with Crippen molar-refractivity contribution in [3.63, 3.8) is 0 Å². The Morgan fingerprint density at radius 2 is 1.10 bits per heavy atom. The summed E-state index contributed by atoms with van der Waals surface area (Å²) in [5.41, 5.74) is 0. The third-order valence-corrected chi connectivity index (χ3v) is 1.46. The SMILES string of the molecule is CCCCCCCC.[O]=[AlH]. The first-order valence-corrected chi connectivity index (χ1v) is 4.78. The van der Waals surface area contributed by atoms with Gasteiger partial charge in [-0.1, -0.05) is 52.4 Å². The van der Waals surface area contributed by atoms with E-state index in [4.69, 9.17) is 3.80 Å². The summed E-state index contributed by atoms with van der Waals surface area (Å²) < 4.78 is 8.28. The maximum atomic E-state index is 8.28. The van der Waals surface area contributed by atoms with Crippen molar-refractivity contribution in [3.8, 4) is 0 Å². The zero-order chi connectivity index (χ0) is 8.24. The van der Waals surface area contributed by atoms with E-state index in [1.54, 1.807) is 0 Å². The molecule has 0 heterocycles. The molecule has 0 aromatic heterocycles. The first kappa shape index (κ1) is 13.0. The first-order chi connectivity index (χ1) is 4.91. The summed E-state index contributed by atoms with van der Waals surface area (Å²) in [5.74, 6) is 0. The Balaban J connectivity index is 0. The van der Waals surface area contributed by atoms with Crippen LogP contribution in [0.3, 0.4) is 0 Å². The van der Waals surface area contributed by atoms with Gasteiger partial charge in [0.2, 0.25) is 0 Å². The van der Waals surface area contributed by atoms with Crippen molar-refractivity contribution in [1.82, 2.24) is 0 Å².